The summed E-state index contributed by atoms with van der Waals surface area (Å²) in [5, 5.41) is 2.39. The van der Waals surface area contributed by atoms with E-state index in [1.165, 1.54) is 37.4 Å². The molecule has 0 unspecified atom stereocenters. The molecule has 11 heteroatoms. The number of hydrogen-bond donors (Lipinski definition) is 2. The van der Waals surface area contributed by atoms with Crippen molar-refractivity contribution >= 4 is 21.6 Å². The normalized spacial score (nSPS) is 11.9. The lowest BCUT2D eigenvalue weighted by Gasteiger charge is -2.11. The molecule has 0 aromatic heterocycles. The van der Waals surface area contributed by atoms with Crippen LogP contribution in [-0.2, 0) is 14.8 Å². The van der Waals surface area contributed by atoms with Gasteiger partial charge in [0.15, 0.2) is 0 Å². The van der Waals surface area contributed by atoms with Gasteiger partial charge in [0.05, 0.1) is 11.5 Å². The van der Waals surface area contributed by atoms with Crippen LogP contribution in [0.2, 0.25) is 0 Å². The Bertz CT molecular complexity index is 932. The van der Waals surface area contributed by atoms with E-state index in [-0.39, 0.29) is 29.3 Å². The molecule has 0 spiro atoms. The average Bonchev–Trinajstić information content (AvgIpc) is 2.61. The number of amides is 1. The minimum Gasteiger partial charge on any atom is -0.406 e. The average molecular weight is 418 g/mol. The number of anilines is 1. The molecule has 7 nitrogen and oxygen atoms in total. The van der Waals surface area contributed by atoms with E-state index in [0.717, 1.165) is 18.2 Å². The van der Waals surface area contributed by atoms with E-state index >= 15 is 0 Å². The fourth-order valence-electron chi connectivity index (χ4n) is 2.14. The molecule has 0 fully saturated rings. The highest BCUT2D eigenvalue weighted by atomic mass is 32.2. The number of methoxy groups -OCH3 is 1. The number of alkyl halides is 3. The standard InChI is InChI=1S/C17H17F3N2O5S/c1-26-9-8-21-28(24,25)15-7-2-4-12(10-15)16(23)22-13-5-3-6-14(11-13)27-17(18,19)20/h2-7,10-11,21H,8-9H2,1H3,(H,22,23). The first-order valence-electron chi connectivity index (χ1n) is 7.86. The minimum absolute atomic E-state index is 0.0109. The van der Waals surface area contributed by atoms with Crippen LogP contribution in [0, 0.1) is 0 Å². The lowest BCUT2D eigenvalue weighted by atomic mass is 10.2. The van der Waals surface area contributed by atoms with Crippen molar-refractivity contribution < 1.29 is 35.9 Å². The molecular weight excluding hydrogens is 401 g/mol. The Morgan fingerprint density at radius 3 is 2.50 bits per heavy atom. The van der Waals surface area contributed by atoms with Gasteiger partial charge in [0.1, 0.15) is 5.75 Å². The highest BCUT2D eigenvalue weighted by molar-refractivity contribution is 7.89. The predicted molar refractivity (Wildman–Crippen MR) is 94.6 cm³/mol. The van der Waals surface area contributed by atoms with E-state index in [4.69, 9.17) is 4.74 Å². The van der Waals surface area contributed by atoms with Gasteiger partial charge in [-0.25, -0.2) is 13.1 Å². The number of carbonyl (C=O) groups is 1. The zero-order chi connectivity index (χ0) is 20.8. The second kappa shape index (κ2) is 9.04. The van der Waals surface area contributed by atoms with Gasteiger partial charge in [-0.3, -0.25) is 4.79 Å². The molecule has 0 aliphatic heterocycles. The molecule has 0 bridgehead atoms. The molecule has 2 aromatic rings. The molecule has 0 aliphatic rings. The van der Waals surface area contributed by atoms with Crippen LogP contribution in [0.1, 0.15) is 10.4 Å². The number of rotatable bonds is 8. The molecule has 2 aromatic carbocycles. The van der Waals surface area contributed by atoms with Crippen LogP contribution in [-0.4, -0.2) is 40.9 Å². The zero-order valence-electron chi connectivity index (χ0n) is 14.6. The van der Waals surface area contributed by atoms with Crippen molar-refractivity contribution in [2.45, 2.75) is 11.3 Å². The molecule has 152 valence electrons. The smallest absolute Gasteiger partial charge is 0.406 e. The van der Waals surface area contributed by atoms with Gasteiger partial charge < -0.3 is 14.8 Å². The number of halogens is 3. The van der Waals surface area contributed by atoms with Gasteiger partial charge in [0.2, 0.25) is 10.0 Å². The van der Waals surface area contributed by atoms with E-state index in [2.05, 4.69) is 14.8 Å². The Morgan fingerprint density at radius 2 is 1.82 bits per heavy atom. The van der Waals surface area contributed by atoms with E-state index in [9.17, 15) is 26.4 Å². The number of carbonyl (C=O) groups excluding carboxylic acids is 1. The molecule has 1 amide bonds. The Morgan fingerprint density at radius 1 is 1.11 bits per heavy atom. The van der Waals surface area contributed by atoms with Crippen LogP contribution in [0.25, 0.3) is 0 Å². The molecule has 0 atom stereocenters. The number of sulfonamides is 1. The number of benzene rings is 2. The third-order valence-electron chi connectivity index (χ3n) is 3.33. The summed E-state index contributed by atoms with van der Waals surface area (Å²) in [5.41, 5.74) is 0.0648. The third-order valence-corrected chi connectivity index (χ3v) is 4.79. The third kappa shape index (κ3) is 6.51. The van der Waals surface area contributed by atoms with Gasteiger partial charge in [0, 0.05) is 31.0 Å². The predicted octanol–water partition coefficient (Wildman–Crippen LogP) is 2.76. The molecular formula is C17H17F3N2O5S. The van der Waals surface area contributed by atoms with E-state index in [0.29, 0.717) is 0 Å². The van der Waals surface area contributed by atoms with E-state index in [1.54, 1.807) is 0 Å². The van der Waals surface area contributed by atoms with Gasteiger partial charge in [-0.15, -0.1) is 13.2 Å². The highest BCUT2D eigenvalue weighted by Crippen LogP contribution is 2.25. The van der Waals surface area contributed by atoms with Crippen molar-refractivity contribution in [2.24, 2.45) is 0 Å². The van der Waals surface area contributed by atoms with Crippen LogP contribution in [0.4, 0.5) is 18.9 Å². The summed E-state index contributed by atoms with van der Waals surface area (Å²) in [4.78, 5) is 12.2. The summed E-state index contributed by atoms with van der Waals surface area (Å²) < 4.78 is 72.1. The SMILES string of the molecule is COCCNS(=O)(=O)c1cccc(C(=O)Nc2cccc(OC(F)(F)F)c2)c1. The molecule has 0 saturated carbocycles. The van der Waals surface area contributed by atoms with E-state index in [1.807, 2.05) is 0 Å². The summed E-state index contributed by atoms with van der Waals surface area (Å²) in [6, 6.07) is 9.94. The van der Waals surface area contributed by atoms with E-state index < -0.39 is 28.0 Å². The zero-order valence-corrected chi connectivity index (χ0v) is 15.4. The van der Waals surface area contributed by atoms with Crippen molar-refractivity contribution in [2.75, 3.05) is 25.6 Å². The maximum atomic E-state index is 12.3. The molecule has 28 heavy (non-hydrogen) atoms. The summed E-state index contributed by atoms with van der Waals surface area (Å²) >= 11 is 0. The number of nitrogens with one attached hydrogen (secondary N) is 2. The van der Waals surface area contributed by atoms with Crippen molar-refractivity contribution in [3.63, 3.8) is 0 Å². The van der Waals surface area contributed by atoms with Crippen molar-refractivity contribution in [3.8, 4) is 5.75 Å². The van der Waals surface area contributed by atoms with Crippen molar-refractivity contribution in [1.82, 2.24) is 4.72 Å². The maximum Gasteiger partial charge on any atom is 0.573 e. The molecule has 2 rings (SSSR count). The van der Waals surface area contributed by atoms with Crippen molar-refractivity contribution in [1.29, 1.82) is 0 Å². The first-order chi connectivity index (χ1) is 13.1. The molecule has 0 heterocycles. The first-order valence-corrected chi connectivity index (χ1v) is 9.35. The summed E-state index contributed by atoms with van der Waals surface area (Å²) in [7, 11) is -2.42. The van der Waals surface area contributed by atoms with Gasteiger partial charge in [-0.2, -0.15) is 0 Å². The second-order valence-electron chi connectivity index (χ2n) is 5.45. The quantitative estimate of drug-likeness (QED) is 0.643. The highest BCUT2D eigenvalue weighted by Gasteiger charge is 2.31. The van der Waals surface area contributed by atoms with Gasteiger partial charge in [0.25, 0.3) is 5.91 Å². The van der Waals surface area contributed by atoms with Gasteiger partial charge in [-0.1, -0.05) is 12.1 Å². The van der Waals surface area contributed by atoms with Crippen LogP contribution in [0.15, 0.2) is 53.4 Å². The first kappa shape index (κ1) is 21.7. The summed E-state index contributed by atoms with van der Waals surface area (Å²) in [6.45, 7) is 0.233. The Kier molecular flexibility index (Phi) is 7.00. The summed E-state index contributed by atoms with van der Waals surface area (Å²) in [5.74, 6) is -1.19. The monoisotopic (exact) mass is 418 g/mol. The fourth-order valence-corrected chi connectivity index (χ4v) is 3.20. The molecule has 0 saturated heterocycles. The fraction of sp³-hybridized carbons (Fsp3) is 0.235. The molecule has 2 N–H and O–H groups in total. The lowest BCUT2D eigenvalue weighted by Crippen LogP contribution is -2.27. The Labute approximate surface area is 159 Å². The van der Waals surface area contributed by atoms with Crippen LogP contribution < -0.4 is 14.8 Å². The minimum atomic E-state index is -4.86. The van der Waals surface area contributed by atoms with Crippen molar-refractivity contribution in [3.05, 3.63) is 54.1 Å². The topological polar surface area (TPSA) is 93.7 Å². The second-order valence-corrected chi connectivity index (χ2v) is 7.22. The molecule has 0 aliphatic carbocycles. The maximum absolute atomic E-state index is 12.3. The largest absolute Gasteiger partial charge is 0.573 e. The van der Waals surface area contributed by atoms with Crippen LogP contribution >= 0.6 is 0 Å². The number of ether oxygens (including phenoxy) is 2. The lowest BCUT2D eigenvalue weighted by molar-refractivity contribution is -0.274. The van der Waals surface area contributed by atoms with Crippen LogP contribution in [0.5, 0.6) is 5.75 Å². The van der Waals surface area contributed by atoms with Gasteiger partial charge in [-0.05, 0) is 30.3 Å². The van der Waals surface area contributed by atoms with Crippen LogP contribution in [0.3, 0.4) is 0 Å². The summed E-state index contributed by atoms with van der Waals surface area (Å²) in [6.07, 6.45) is -4.86. The Hall–Kier alpha value is -2.63. The van der Waals surface area contributed by atoms with Gasteiger partial charge >= 0.3 is 6.36 Å². The Balaban J connectivity index is 2.14. The number of hydrogen-bond acceptors (Lipinski definition) is 5. The molecule has 0 radical (unpaired) electrons.